The molecule has 0 aromatic heterocycles. The van der Waals surface area contributed by atoms with Gasteiger partial charge in [-0.25, -0.2) is 0 Å². The van der Waals surface area contributed by atoms with E-state index in [1.807, 2.05) is 0 Å². The third-order valence-corrected chi connectivity index (χ3v) is 10.9. The monoisotopic (exact) mass is 398 g/mol. The predicted molar refractivity (Wildman–Crippen MR) is 118 cm³/mol. The zero-order valence-electron chi connectivity index (χ0n) is 19.1. The highest BCUT2D eigenvalue weighted by Gasteiger charge is 2.42. The van der Waals surface area contributed by atoms with E-state index in [2.05, 4.69) is 40.8 Å². The number of rotatable bonds is 14. The van der Waals surface area contributed by atoms with Crippen LogP contribution >= 0.6 is 0 Å². The highest BCUT2D eigenvalue weighted by Crippen LogP contribution is 2.39. The van der Waals surface area contributed by atoms with E-state index < -0.39 is 8.32 Å². The van der Waals surface area contributed by atoms with Gasteiger partial charge in [0.15, 0.2) is 8.32 Å². The molecule has 3 nitrogen and oxygen atoms in total. The molecule has 0 aromatic rings. The first-order chi connectivity index (χ1) is 12.7. The molecule has 0 aromatic carbocycles. The Balaban J connectivity index is 2.32. The smallest absolute Gasteiger partial charge is 0.306 e. The predicted octanol–water partition coefficient (Wildman–Crippen LogP) is 7.39. The lowest BCUT2D eigenvalue weighted by molar-refractivity contribution is -0.145. The highest BCUT2D eigenvalue weighted by molar-refractivity contribution is 6.74. The molecule has 0 amide bonds. The molecule has 1 saturated heterocycles. The summed E-state index contributed by atoms with van der Waals surface area (Å²) in [6, 6.07) is 0. The summed E-state index contributed by atoms with van der Waals surface area (Å²) in [6.45, 7) is 13.7. The third kappa shape index (κ3) is 9.60. The minimum atomic E-state index is -1.85. The fourth-order valence-corrected chi connectivity index (χ4v) is 4.90. The van der Waals surface area contributed by atoms with Crippen molar-refractivity contribution in [3.05, 3.63) is 0 Å². The maximum Gasteiger partial charge on any atom is 0.306 e. The summed E-state index contributed by atoms with van der Waals surface area (Å²) in [5.41, 5.74) is 0. The van der Waals surface area contributed by atoms with Crippen molar-refractivity contribution in [2.24, 2.45) is 0 Å². The third-order valence-electron chi connectivity index (χ3n) is 6.42. The number of cyclic esters (lactones) is 1. The van der Waals surface area contributed by atoms with Gasteiger partial charge in [-0.2, -0.15) is 0 Å². The Labute approximate surface area is 170 Å². The molecule has 0 N–H and O–H groups in total. The van der Waals surface area contributed by atoms with Crippen molar-refractivity contribution >= 4 is 14.3 Å². The topological polar surface area (TPSA) is 35.5 Å². The SMILES string of the molecule is CCCCCCCCCCCC[C@@H](O[Si](C)(C)C(C)(C)C)[C@H]1CCC(=O)O1. The van der Waals surface area contributed by atoms with E-state index in [1.54, 1.807) is 0 Å². The fraction of sp³-hybridized carbons (Fsp3) is 0.957. The van der Waals surface area contributed by atoms with Crippen molar-refractivity contribution in [2.45, 2.75) is 142 Å². The molecule has 0 saturated carbocycles. The average Bonchev–Trinajstić information content (AvgIpc) is 3.00. The summed E-state index contributed by atoms with van der Waals surface area (Å²) >= 11 is 0. The highest BCUT2D eigenvalue weighted by atomic mass is 28.4. The molecule has 0 bridgehead atoms. The summed E-state index contributed by atoms with van der Waals surface area (Å²) in [7, 11) is -1.85. The minimum Gasteiger partial charge on any atom is -0.460 e. The summed E-state index contributed by atoms with van der Waals surface area (Å²) in [5, 5.41) is 0.186. The molecule has 27 heavy (non-hydrogen) atoms. The maximum atomic E-state index is 11.6. The number of carbonyl (C=O) groups is 1. The molecule has 1 rings (SSSR count). The molecule has 1 aliphatic heterocycles. The van der Waals surface area contributed by atoms with Crippen molar-refractivity contribution in [3.8, 4) is 0 Å². The van der Waals surface area contributed by atoms with Crippen LogP contribution in [-0.4, -0.2) is 26.5 Å². The second kappa shape index (κ2) is 12.3. The van der Waals surface area contributed by atoms with Gasteiger partial charge < -0.3 is 9.16 Å². The standard InChI is InChI=1S/C23H46O3Si/c1-7-8-9-10-11-12-13-14-15-16-17-21(20-18-19-22(24)25-20)26-27(5,6)23(2,3)4/h20-21H,7-19H2,1-6H3/t20-,21-/m1/s1. The second-order valence-electron chi connectivity index (χ2n) is 9.95. The van der Waals surface area contributed by atoms with Gasteiger partial charge in [0.25, 0.3) is 0 Å². The number of hydrogen-bond donors (Lipinski definition) is 0. The lowest BCUT2D eigenvalue weighted by atomic mass is 10.0. The first kappa shape index (κ1) is 24.7. The zero-order chi connectivity index (χ0) is 20.3. The maximum absolute atomic E-state index is 11.6. The lowest BCUT2D eigenvalue weighted by Crippen LogP contribution is -2.47. The Morgan fingerprint density at radius 3 is 1.96 bits per heavy atom. The molecule has 0 spiro atoms. The number of esters is 1. The van der Waals surface area contributed by atoms with Gasteiger partial charge >= 0.3 is 5.97 Å². The Morgan fingerprint density at radius 2 is 1.52 bits per heavy atom. The Bertz CT molecular complexity index is 414. The van der Waals surface area contributed by atoms with Crippen LogP contribution in [0.2, 0.25) is 18.1 Å². The summed E-state index contributed by atoms with van der Waals surface area (Å²) in [6.07, 6.45) is 15.9. The largest absolute Gasteiger partial charge is 0.460 e. The Kier molecular flexibility index (Phi) is 11.2. The van der Waals surface area contributed by atoms with Crippen LogP contribution in [0.25, 0.3) is 0 Å². The quantitative estimate of drug-likeness (QED) is 0.174. The molecular weight excluding hydrogens is 352 g/mol. The first-order valence-corrected chi connectivity index (χ1v) is 14.5. The molecular formula is C23H46O3Si. The van der Waals surface area contributed by atoms with Crippen LogP contribution < -0.4 is 0 Å². The molecule has 1 fully saturated rings. The van der Waals surface area contributed by atoms with Gasteiger partial charge in [0.1, 0.15) is 6.10 Å². The summed E-state index contributed by atoms with van der Waals surface area (Å²) in [4.78, 5) is 11.6. The van der Waals surface area contributed by atoms with Gasteiger partial charge in [-0.05, 0) is 31.0 Å². The number of ether oxygens (including phenoxy) is 1. The van der Waals surface area contributed by atoms with E-state index in [4.69, 9.17) is 9.16 Å². The molecule has 1 heterocycles. The van der Waals surface area contributed by atoms with Gasteiger partial charge in [0.05, 0.1) is 6.10 Å². The van der Waals surface area contributed by atoms with Gasteiger partial charge in [-0.3, -0.25) is 4.79 Å². The molecule has 0 radical (unpaired) electrons. The van der Waals surface area contributed by atoms with Crippen LogP contribution in [0.3, 0.4) is 0 Å². The van der Waals surface area contributed by atoms with E-state index >= 15 is 0 Å². The second-order valence-corrected chi connectivity index (χ2v) is 14.7. The molecule has 0 aliphatic carbocycles. The number of hydrogen-bond acceptors (Lipinski definition) is 3. The first-order valence-electron chi connectivity index (χ1n) is 11.5. The van der Waals surface area contributed by atoms with Crippen molar-refractivity contribution in [2.75, 3.05) is 0 Å². The minimum absolute atomic E-state index is 0.0230. The van der Waals surface area contributed by atoms with Crippen LogP contribution in [0.5, 0.6) is 0 Å². The van der Waals surface area contributed by atoms with Crippen molar-refractivity contribution in [1.82, 2.24) is 0 Å². The molecule has 160 valence electrons. The fourth-order valence-electron chi connectivity index (χ4n) is 3.52. The van der Waals surface area contributed by atoms with Crippen molar-refractivity contribution < 1.29 is 14.0 Å². The van der Waals surface area contributed by atoms with Crippen LogP contribution in [0.4, 0.5) is 0 Å². The molecule has 1 aliphatic rings. The van der Waals surface area contributed by atoms with Crippen molar-refractivity contribution in [3.63, 3.8) is 0 Å². The van der Waals surface area contributed by atoms with Gasteiger partial charge in [-0.15, -0.1) is 0 Å². The molecule has 0 unspecified atom stereocenters. The van der Waals surface area contributed by atoms with E-state index in [9.17, 15) is 4.79 Å². The van der Waals surface area contributed by atoms with Gasteiger partial charge in [0.2, 0.25) is 0 Å². The Morgan fingerprint density at radius 1 is 1.00 bits per heavy atom. The summed E-state index contributed by atoms with van der Waals surface area (Å²) in [5.74, 6) is -0.0492. The van der Waals surface area contributed by atoms with Gasteiger partial charge in [-0.1, -0.05) is 91.9 Å². The number of unbranched alkanes of at least 4 members (excludes halogenated alkanes) is 9. The lowest BCUT2D eigenvalue weighted by Gasteiger charge is -2.40. The van der Waals surface area contributed by atoms with E-state index in [1.165, 1.54) is 64.2 Å². The van der Waals surface area contributed by atoms with Crippen LogP contribution in [-0.2, 0) is 14.0 Å². The van der Waals surface area contributed by atoms with E-state index in [-0.39, 0.29) is 23.2 Å². The Hall–Kier alpha value is -0.353. The van der Waals surface area contributed by atoms with Crippen LogP contribution in [0, 0.1) is 0 Å². The van der Waals surface area contributed by atoms with E-state index in [0.717, 1.165) is 12.8 Å². The van der Waals surface area contributed by atoms with Gasteiger partial charge in [0, 0.05) is 6.42 Å². The normalized spacial score (nSPS) is 19.3. The number of carbonyl (C=O) groups excluding carboxylic acids is 1. The summed E-state index contributed by atoms with van der Waals surface area (Å²) < 4.78 is 12.3. The average molecular weight is 399 g/mol. The van der Waals surface area contributed by atoms with Crippen LogP contribution in [0.15, 0.2) is 0 Å². The molecule has 4 heteroatoms. The molecule has 2 atom stereocenters. The van der Waals surface area contributed by atoms with E-state index in [0.29, 0.717) is 6.42 Å². The zero-order valence-corrected chi connectivity index (χ0v) is 20.1. The van der Waals surface area contributed by atoms with Crippen LogP contribution in [0.1, 0.15) is 111 Å². The van der Waals surface area contributed by atoms with Crippen molar-refractivity contribution in [1.29, 1.82) is 0 Å².